The topological polar surface area (TPSA) is 17.1 Å². The van der Waals surface area contributed by atoms with Gasteiger partial charge in [-0.1, -0.05) is 26.8 Å². The zero-order chi connectivity index (χ0) is 11.4. The zero-order valence-corrected chi connectivity index (χ0v) is 10.3. The van der Waals surface area contributed by atoms with E-state index < -0.39 is 0 Å². The Hall–Kier alpha value is -0.590. The largest absolute Gasteiger partial charge is 0.300 e. The van der Waals surface area contributed by atoms with Gasteiger partial charge in [0.25, 0.3) is 0 Å². The Morgan fingerprint density at radius 1 is 1.47 bits per heavy atom. The fourth-order valence-electron chi connectivity index (χ4n) is 2.76. The molecule has 4 atom stereocenters. The quantitative estimate of drug-likeness (QED) is 0.641. The van der Waals surface area contributed by atoms with E-state index in [4.69, 9.17) is 0 Å². The van der Waals surface area contributed by atoms with Crippen molar-refractivity contribution in [1.82, 2.24) is 0 Å². The van der Waals surface area contributed by atoms with E-state index in [0.717, 1.165) is 12.8 Å². The van der Waals surface area contributed by atoms with Crippen molar-refractivity contribution in [3.8, 4) is 0 Å². The second-order valence-corrected chi connectivity index (χ2v) is 5.47. The lowest BCUT2D eigenvalue weighted by Crippen LogP contribution is -2.26. The standard InChI is InChI=1S/C14H24O/c1-5-10(2)6-12(4)13-7-11(3)8-14(15)9-13/h5,10-13H,1,6-9H2,2-4H3/t10?,11-,12?,13?/m1/s1. The van der Waals surface area contributed by atoms with Gasteiger partial charge in [-0.25, -0.2) is 0 Å². The van der Waals surface area contributed by atoms with Crippen molar-refractivity contribution in [2.75, 3.05) is 0 Å². The van der Waals surface area contributed by atoms with Crippen molar-refractivity contribution in [3.05, 3.63) is 12.7 Å². The van der Waals surface area contributed by atoms with Crippen molar-refractivity contribution < 1.29 is 4.79 Å². The van der Waals surface area contributed by atoms with Crippen LogP contribution in [0.15, 0.2) is 12.7 Å². The van der Waals surface area contributed by atoms with E-state index in [1.54, 1.807) is 0 Å². The first-order chi connectivity index (χ1) is 7.02. The van der Waals surface area contributed by atoms with Gasteiger partial charge in [0.15, 0.2) is 0 Å². The average Bonchev–Trinajstić information content (AvgIpc) is 2.16. The Morgan fingerprint density at radius 3 is 2.67 bits per heavy atom. The van der Waals surface area contributed by atoms with E-state index in [1.165, 1.54) is 12.8 Å². The van der Waals surface area contributed by atoms with Crippen LogP contribution in [0.1, 0.15) is 46.5 Å². The fourth-order valence-corrected chi connectivity index (χ4v) is 2.76. The van der Waals surface area contributed by atoms with Crippen molar-refractivity contribution in [3.63, 3.8) is 0 Å². The maximum Gasteiger partial charge on any atom is 0.133 e. The summed E-state index contributed by atoms with van der Waals surface area (Å²) in [5.41, 5.74) is 0. The number of hydrogen-bond acceptors (Lipinski definition) is 1. The highest BCUT2D eigenvalue weighted by Crippen LogP contribution is 2.34. The van der Waals surface area contributed by atoms with Crippen LogP contribution in [-0.4, -0.2) is 5.78 Å². The molecule has 15 heavy (non-hydrogen) atoms. The first-order valence-corrected chi connectivity index (χ1v) is 6.17. The molecular formula is C14H24O. The molecule has 1 saturated carbocycles. The predicted molar refractivity (Wildman–Crippen MR) is 64.7 cm³/mol. The van der Waals surface area contributed by atoms with Crippen LogP contribution in [-0.2, 0) is 4.79 Å². The van der Waals surface area contributed by atoms with Gasteiger partial charge in [-0.2, -0.15) is 0 Å². The Morgan fingerprint density at radius 2 is 2.13 bits per heavy atom. The van der Waals surface area contributed by atoms with Crippen molar-refractivity contribution in [1.29, 1.82) is 0 Å². The van der Waals surface area contributed by atoms with Gasteiger partial charge in [0.2, 0.25) is 0 Å². The van der Waals surface area contributed by atoms with Crippen LogP contribution in [0.2, 0.25) is 0 Å². The van der Waals surface area contributed by atoms with Crippen LogP contribution in [0.5, 0.6) is 0 Å². The van der Waals surface area contributed by atoms with E-state index >= 15 is 0 Å². The van der Waals surface area contributed by atoms with Crippen LogP contribution in [0, 0.1) is 23.7 Å². The first kappa shape index (κ1) is 12.5. The van der Waals surface area contributed by atoms with Gasteiger partial charge in [-0.15, -0.1) is 6.58 Å². The Bertz CT molecular complexity index is 231. The molecule has 0 radical (unpaired) electrons. The molecule has 0 aromatic heterocycles. The number of carbonyl (C=O) groups is 1. The summed E-state index contributed by atoms with van der Waals surface area (Å²) in [6.07, 6.45) is 6.05. The summed E-state index contributed by atoms with van der Waals surface area (Å²) in [5.74, 6) is 2.91. The third kappa shape index (κ3) is 3.81. The van der Waals surface area contributed by atoms with Crippen LogP contribution in [0.4, 0.5) is 0 Å². The van der Waals surface area contributed by atoms with E-state index in [-0.39, 0.29) is 0 Å². The molecule has 1 aliphatic rings. The van der Waals surface area contributed by atoms with Gasteiger partial charge >= 0.3 is 0 Å². The second kappa shape index (κ2) is 5.48. The molecular weight excluding hydrogens is 184 g/mol. The third-order valence-electron chi connectivity index (χ3n) is 3.72. The molecule has 1 rings (SSSR count). The number of carbonyl (C=O) groups excluding carboxylic acids is 1. The first-order valence-electron chi connectivity index (χ1n) is 6.17. The highest BCUT2D eigenvalue weighted by molar-refractivity contribution is 5.79. The number of Topliss-reactive ketones (excluding diaryl/α,β-unsaturated/α-hetero) is 1. The van der Waals surface area contributed by atoms with E-state index in [1.807, 2.05) is 6.08 Å². The molecule has 1 heteroatoms. The van der Waals surface area contributed by atoms with Gasteiger partial charge < -0.3 is 0 Å². The molecule has 0 amide bonds. The molecule has 0 heterocycles. The molecule has 1 aliphatic carbocycles. The van der Waals surface area contributed by atoms with Gasteiger partial charge in [-0.3, -0.25) is 4.79 Å². The fraction of sp³-hybridized carbons (Fsp3) is 0.786. The summed E-state index contributed by atoms with van der Waals surface area (Å²) in [4.78, 5) is 11.5. The zero-order valence-electron chi connectivity index (χ0n) is 10.3. The van der Waals surface area contributed by atoms with Crippen LogP contribution in [0.25, 0.3) is 0 Å². The highest BCUT2D eigenvalue weighted by Gasteiger charge is 2.28. The Balaban J connectivity index is 2.47. The molecule has 0 aromatic carbocycles. The minimum absolute atomic E-state index is 0.469. The predicted octanol–water partition coefficient (Wildman–Crippen LogP) is 3.84. The Kier molecular flexibility index (Phi) is 4.56. The summed E-state index contributed by atoms with van der Waals surface area (Å²) in [5, 5.41) is 0. The van der Waals surface area contributed by atoms with Crippen LogP contribution >= 0.6 is 0 Å². The molecule has 0 aliphatic heterocycles. The molecule has 3 unspecified atom stereocenters. The lowest BCUT2D eigenvalue weighted by Gasteiger charge is -2.31. The molecule has 0 saturated heterocycles. The van der Waals surface area contributed by atoms with Crippen LogP contribution < -0.4 is 0 Å². The van der Waals surface area contributed by atoms with E-state index in [9.17, 15) is 4.79 Å². The van der Waals surface area contributed by atoms with Crippen molar-refractivity contribution in [2.45, 2.75) is 46.5 Å². The number of rotatable bonds is 4. The molecule has 1 fully saturated rings. The van der Waals surface area contributed by atoms with Crippen molar-refractivity contribution >= 4 is 5.78 Å². The lowest BCUT2D eigenvalue weighted by molar-refractivity contribution is -0.123. The molecule has 0 aromatic rings. The average molecular weight is 208 g/mol. The molecule has 86 valence electrons. The number of allylic oxidation sites excluding steroid dienone is 1. The molecule has 0 bridgehead atoms. The van der Waals surface area contributed by atoms with Gasteiger partial charge in [-0.05, 0) is 36.5 Å². The molecule has 1 nitrogen and oxygen atoms in total. The van der Waals surface area contributed by atoms with E-state index in [2.05, 4.69) is 27.4 Å². The minimum Gasteiger partial charge on any atom is -0.300 e. The number of hydrogen-bond donors (Lipinski definition) is 0. The summed E-state index contributed by atoms with van der Waals surface area (Å²) >= 11 is 0. The Labute approximate surface area is 93.9 Å². The van der Waals surface area contributed by atoms with E-state index in [0.29, 0.717) is 29.5 Å². The monoisotopic (exact) mass is 208 g/mol. The smallest absolute Gasteiger partial charge is 0.133 e. The lowest BCUT2D eigenvalue weighted by atomic mass is 9.73. The second-order valence-electron chi connectivity index (χ2n) is 5.47. The SMILES string of the molecule is C=CC(C)CC(C)C1CC(=O)C[C@H](C)C1. The normalized spacial score (nSPS) is 31.0. The highest BCUT2D eigenvalue weighted by atomic mass is 16.1. The van der Waals surface area contributed by atoms with Crippen LogP contribution in [0.3, 0.4) is 0 Å². The molecule has 0 N–H and O–H groups in total. The summed E-state index contributed by atoms with van der Waals surface area (Å²) in [7, 11) is 0. The molecule has 0 spiro atoms. The van der Waals surface area contributed by atoms with Gasteiger partial charge in [0, 0.05) is 12.8 Å². The number of ketones is 1. The summed E-state index contributed by atoms with van der Waals surface area (Å²) in [6.45, 7) is 10.5. The summed E-state index contributed by atoms with van der Waals surface area (Å²) in [6, 6.07) is 0. The maximum absolute atomic E-state index is 11.5. The third-order valence-corrected chi connectivity index (χ3v) is 3.72. The van der Waals surface area contributed by atoms with Gasteiger partial charge in [0.05, 0.1) is 0 Å². The van der Waals surface area contributed by atoms with Gasteiger partial charge in [0.1, 0.15) is 5.78 Å². The summed E-state index contributed by atoms with van der Waals surface area (Å²) < 4.78 is 0. The van der Waals surface area contributed by atoms with Crippen molar-refractivity contribution in [2.24, 2.45) is 23.7 Å². The maximum atomic E-state index is 11.5. The minimum atomic E-state index is 0.469.